The Kier molecular flexibility index (Phi) is 5.22. The molecule has 1 heterocycles. The quantitative estimate of drug-likeness (QED) is 0.817. The summed E-state index contributed by atoms with van der Waals surface area (Å²) in [7, 11) is 0. The number of H-pyrrole nitrogens is 1. The highest BCUT2D eigenvalue weighted by Crippen LogP contribution is 2.25. The van der Waals surface area contributed by atoms with Crippen LogP contribution < -0.4 is 5.32 Å². The molecule has 122 valence electrons. The second-order valence-corrected chi connectivity index (χ2v) is 6.80. The van der Waals surface area contributed by atoms with E-state index in [1.807, 2.05) is 20.8 Å². The summed E-state index contributed by atoms with van der Waals surface area (Å²) in [6.07, 6.45) is 4.89. The van der Waals surface area contributed by atoms with Crippen molar-refractivity contribution in [3.63, 3.8) is 0 Å². The SMILES string of the molecule is CC(=O)c1c(C)[nH]c(C(=O)[C@H](C)N[C@H]2CCCC[C@@H]2C)c1C. The van der Waals surface area contributed by atoms with Crippen molar-refractivity contribution in [1.82, 2.24) is 10.3 Å². The van der Waals surface area contributed by atoms with E-state index in [0.29, 0.717) is 23.2 Å². The van der Waals surface area contributed by atoms with Gasteiger partial charge in [-0.15, -0.1) is 0 Å². The summed E-state index contributed by atoms with van der Waals surface area (Å²) in [5.41, 5.74) is 2.79. The molecule has 1 aliphatic rings. The number of hydrogen-bond donors (Lipinski definition) is 2. The van der Waals surface area contributed by atoms with Gasteiger partial charge in [-0.25, -0.2) is 0 Å². The third-order valence-corrected chi connectivity index (χ3v) is 5.00. The van der Waals surface area contributed by atoms with Crippen LogP contribution >= 0.6 is 0 Å². The lowest BCUT2D eigenvalue weighted by molar-refractivity contribution is 0.0927. The van der Waals surface area contributed by atoms with Crippen LogP contribution in [0.4, 0.5) is 0 Å². The van der Waals surface area contributed by atoms with E-state index < -0.39 is 0 Å². The zero-order valence-electron chi connectivity index (χ0n) is 14.4. The van der Waals surface area contributed by atoms with Gasteiger partial charge in [-0.1, -0.05) is 19.8 Å². The van der Waals surface area contributed by atoms with Crippen molar-refractivity contribution in [2.24, 2.45) is 5.92 Å². The first kappa shape index (κ1) is 16.9. The van der Waals surface area contributed by atoms with Crippen LogP contribution in [0.5, 0.6) is 0 Å². The summed E-state index contributed by atoms with van der Waals surface area (Å²) in [4.78, 5) is 27.5. The van der Waals surface area contributed by atoms with E-state index in [9.17, 15) is 9.59 Å². The highest BCUT2D eigenvalue weighted by molar-refractivity contribution is 6.05. The highest BCUT2D eigenvalue weighted by atomic mass is 16.1. The zero-order valence-corrected chi connectivity index (χ0v) is 14.4. The lowest BCUT2D eigenvalue weighted by Crippen LogP contribution is -2.46. The van der Waals surface area contributed by atoms with E-state index >= 15 is 0 Å². The van der Waals surface area contributed by atoms with E-state index in [-0.39, 0.29) is 17.6 Å². The number of ketones is 2. The third kappa shape index (κ3) is 3.32. The highest BCUT2D eigenvalue weighted by Gasteiger charge is 2.28. The maximum atomic E-state index is 12.7. The fraction of sp³-hybridized carbons (Fsp3) is 0.667. The molecule has 0 saturated heterocycles. The molecule has 1 aromatic heterocycles. The van der Waals surface area contributed by atoms with Crippen molar-refractivity contribution in [1.29, 1.82) is 0 Å². The van der Waals surface area contributed by atoms with Crippen LogP contribution in [0.2, 0.25) is 0 Å². The minimum atomic E-state index is -0.234. The van der Waals surface area contributed by atoms with E-state index in [4.69, 9.17) is 0 Å². The lowest BCUT2D eigenvalue weighted by Gasteiger charge is -2.31. The molecule has 0 aromatic carbocycles. The van der Waals surface area contributed by atoms with Gasteiger partial charge in [0.1, 0.15) is 0 Å². The Bertz CT molecular complexity index is 574. The molecule has 1 fully saturated rings. The molecular weight excluding hydrogens is 276 g/mol. The summed E-state index contributed by atoms with van der Waals surface area (Å²) in [6.45, 7) is 9.42. The number of nitrogens with one attached hydrogen (secondary N) is 2. The molecule has 0 spiro atoms. The molecule has 0 amide bonds. The molecule has 4 nitrogen and oxygen atoms in total. The summed E-state index contributed by atoms with van der Waals surface area (Å²) in [6, 6.07) is 0.179. The molecule has 0 aliphatic heterocycles. The first-order valence-electron chi connectivity index (χ1n) is 8.33. The van der Waals surface area contributed by atoms with Gasteiger partial charge in [0, 0.05) is 17.3 Å². The van der Waals surface area contributed by atoms with E-state index in [1.165, 1.54) is 19.3 Å². The van der Waals surface area contributed by atoms with Crippen LogP contribution in [-0.2, 0) is 0 Å². The molecule has 22 heavy (non-hydrogen) atoms. The number of aromatic nitrogens is 1. The van der Waals surface area contributed by atoms with E-state index in [1.54, 1.807) is 6.92 Å². The van der Waals surface area contributed by atoms with Gasteiger partial charge >= 0.3 is 0 Å². The molecule has 2 rings (SSSR count). The molecule has 0 unspecified atom stereocenters. The fourth-order valence-electron chi connectivity index (χ4n) is 3.70. The van der Waals surface area contributed by atoms with Crippen LogP contribution in [0, 0.1) is 19.8 Å². The smallest absolute Gasteiger partial charge is 0.195 e. The first-order chi connectivity index (χ1) is 10.3. The second-order valence-electron chi connectivity index (χ2n) is 6.80. The standard InChI is InChI=1S/C18H28N2O2/c1-10-8-6-7-9-15(10)19-13(4)18(22)17-11(2)16(14(5)21)12(3)20-17/h10,13,15,19-20H,6-9H2,1-5H3/t10-,13-,15-/m0/s1. The Labute approximate surface area is 133 Å². The van der Waals surface area contributed by atoms with Gasteiger partial charge in [0.2, 0.25) is 0 Å². The van der Waals surface area contributed by atoms with Crippen molar-refractivity contribution in [3.8, 4) is 0 Å². The van der Waals surface area contributed by atoms with Crippen LogP contribution in [-0.4, -0.2) is 28.6 Å². The van der Waals surface area contributed by atoms with E-state index in [2.05, 4.69) is 17.2 Å². The van der Waals surface area contributed by atoms with Crippen molar-refractivity contribution in [3.05, 3.63) is 22.5 Å². The maximum Gasteiger partial charge on any atom is 0.195 e. The van der Waals surface area contributed by atoms with Crippen molar-refractivity contribution in [2.45, 2.75) is 72.4 Å². The monoisotopic (exact) mass is 304 g/mol. The van der Waals surface area contributed by atoms with Crippen LogP contribution in [0.25, 0.3) is 0 Å². The average Bonchev–Trinajstić information content (AvgIpc) is 2.75. The molecule has 0 radical (unpaired) electrons. The second kappa shape index (κ2) is 6.78. The molecule has 0 bridgehead atoms. The largest absolute Gasteiger partial charge is 0.355 e. The van der Waals surface area contributed by atoms with Crippen molar-refractivity contribution in [2.75, 3.05) is 0 Å². The number of aromatic amines is 1. The van der Waals surface area contributed by atoms with Crippen LogP contribution in [0.1, 0.15) is 78.6 Å². The Hall–Kier alpha value is -1.42. The van der Waals surface area contributed by atoms with Crippen LogP contribution in [0.3, 0.4) is 0 Å². The Morgan fingerprint density at radius 3 is 2.41 bits per heavy atom. The number of Topliss-reactive ketones (excluding diaryl/α,β-unsaturated/α-hetero) is 2. The van der Waals surface area contributed by atoms with Gasteiger partial charge in [0.05, 0.1) is 11.7 Å². The van der Waals surface area contributed by atoms with Gasteiger partial charge in [0.15, 0.2) is 11.6 Å². The third-order valence-electron chi connectivity index (χ3n) is 5.00. The summed E-state index contributed by atoms with van der Waals surface area (Å²) >= 11 is 0. The van der Waals surface area contributed by atoms with Gasteiger partial charge in [-0.05, 0) is 52.0 Å². The first-order valence-corrected chi connectivity index (χ1v) is 8.33. The number of carbonyl (C=O) groups excluding carboxylic acids is 2. The fourth-order valence-corrected chi connectivity index (χ4v) is 3.70. The van der Waals surface area contributed by atoms with E-state index in [0.717, 1.165) is 17.7 Å². The van der Waals surface area contributed by atoms with Gasteiger partial charge in [0.25, 0.3) is 0 Å². The number of rotatable bonds is 5. The molecular formula is C18H28N2O2. The Morgan fingerprint density at radius 2 is 1.86 bits per heavy atom. The topological polar surface area (TPSA) is 62.0 Å². The molecule has 2 N–H and O–H groups in total. The number of aryl methyl sites for hydroxylation is 1. The van der Waals surface area contributed by atoms with Crippen molar-refractivity contribution >= 4 is 11.6 Å². The predicted octanol–water partition coefficient (Wildman–Crippen LogP) is 3.57. The minimum absolute atomic E-state index is 0.00631. The average molecular weight is 304 g/mol. The summed E-state index contributed by atoms with van der Waals surface area (Å²) in [5.74, 6) is 0.668. The summed E-state index contributed by atoms with van der Waals surface area (Å²) in [5, 5.41) is 3.50. The predicted molar refractivity (Wildman–Crippen MR) is 88.6 cm³/mol. The molecule has 1 aromatic rings. The minimum Gasteiger partial charge on any atom is -0.355 e. The molecule has 1 saturated carbocycles. The Morgan fingerprint density at radius 1 is 1.23 bits per heavy atom. The lowest BCUT2D eigenvalue weighted by atomic mass is 9.85. The number of hydrogen-bond acceptors (Lipinski definition) is 3. The normalized spacial score (nSPS) is 23.3. The van der Waals surface area contributed by atoms with Crippen LogP contribution in [0.15, 0.2) is 0 Å². The molecule has 4 heteroatoms. The van der Waals surface area contributed by atoms with Gasteiger partial charge < -0.3 is 10.3 Å². The van der Waals surface area contributed by atoms with Gasteiger partial charge in [-0.3, -0.25) is 9.59 Å². The maximum absolute atomic E-state index is 12.7. The van der Waals surface area contributed by atoms with Gasteiger partial charge in [-0.2, -0.15) is 0 Å². The molecule has 1 aliphatic carbocycles. The number of carbonyl (C=O) groups is 2. The zero-order chi connectivity index (χ0) is 16.4. The Balaban J connectivity index is 2.14. The summed E-state index contributed by atoms with van der Waals surface area (Å²) < 4.78 is 0. The van der Waals surface area contributed by atoms with Crippen molar-refractivity contribution < 1.29 is 9.59 Å². The molecule has 3 atom stereocenters.